The van der Waals surface area contributed by atoms with Gasteiger partial charge >= 0.3 is 0 Å². The summed E-state index contributed by atoms with van der Waals surface area (Å²) in [7, 11) is 1.68. The van der Waals surface area contributed by atoms with Crippen molar-refractivity contribution in [3.8, 4) is 0 Å². The van der Waals surface area contributed by atoms with E-state index in [1.54, 1.807) is 13.3 Å². The Morgan fingerprint density at radius 1 is 1.33 bits per heavy atom. The summed E-state index contributed by atoms with van der Waals surface area (Å²) in [6, 6.07) is 1.90. The number of ether oxygens (including phenoxy) is 1. The molecular formula is C12H17N5O. The summed E-state index contributed by atoms with van der Waals surface area (Å²) in [5, 5.41) is 7.43. The van der Waals surface area contributed by atoms with E-state index in [1.165, 1.54) is 0 Å². The lowest BCUT2D eigenvalue weighted by molar-refractivity contribution is 0.183. The lowest BCUT2D eigenvalue weighted by Gasteiger charge is -2.04. The highest BCUT2D eigenvalue weighted by Crippen LogP contribution is 2.14. The zero-order chi connectivity index (χ0) is 13.0. The zero-order valence-corrected chi connectivity index (χ0v) is 10.8. The van der Waals surface area contributed by atoms with Gasteiger partial charge in [0.05, 0.1) is 25.0 Å². The summed E-state index contributed by atoms with van der Waals surface area (Å²) in [6.45, 7) is 5.20. The Bertz CT molecular complexity index is 503. The number of hydrogen-bond acceptors (Lipinski definition) is 5. The van der Waals surface area contributed by atoms with Gasteiger partial charge in [-0.1, -0.05) is 0 Å². The largest absolute Gasteiger partial charge is 0.383 e. The number of nitrogens with zero attached hydrogens (tertiary/aromatic N) is 4. The van der Waals surface area contributed by atoms with Crippen molar-refractivity contribution in [1.29, 1.82) is 0 Å². The number of rotatable bonds is 5. The van der Waals surface area contributed by atoms with Crippen LogP contribution in [-0.2, 0) is 11.3 Å². The van der Waals surface area contributed by atoms with Crippen LogP contribution in [0.2, 0.25) is 0 Å². The van der Waals surface area contributed by atoms with Crippen molar-refractivity contribution in [2.24, 2.45) is 0 Å². The number of hydrogen-bond donors (Lipinski definition) is 1. The van der Waals surface area contributed by atoms with E-state index in [9.17, 15) is 0 Å². The van der Waals surface area contributed by atoms with Gasteiger partial charge in [0, 0.05) is 25.1 Å². The molecule has 0 amide bonds. The van der Waals surface area contributed by atoms with Crippen molar-refractivity contribution in [2.75, 3.05) is 19.0 Å². The second-order valence-electron chi connectivity index (χ2n) is 4.05. The Morgan fingerprint density at radius 2 is 2.17 bits per heavy atom. The number of aromatic nitrogens is 4. The highest BCUT2D eigenvalue weighted by atomic mass is 16.5. The third-order valence-electron chi connectivity index (χ3n) is 2.40. The van der Waals surface area contributed by atoms with E-state index in [0.717, 1.165) is 29.6 Å². The fourth-order valence-electron chi connectivity index (χ4n) is 1.66. The van der Waals surface area contributed by atoms with Crippen LogP contribution in [0, 0.1) is 13.8 Å². The first kappa shape index (κ1) is 12.5. The fraction of sp³-hybridized carbons (Fsp3) is 0.417. The van der Waals surface area contributed by atoms with Gasteiger partial charge < -0.3 is 10.1 Å². The van der Waals surface area contributed by atoms with Gasteiger partial charge in [0.1, 0.15) is 11.6 Å². The van der Waals surface area contributed by atoms with Crippen molar-refractivity contribution >= 4 is 11.5 Å². The van der Waals surface area contributed by atoms with E-state index in [1.807, 2.05) is 30.8 Å². The standard InChI is InChI=1S/C12H17N5O/c1-9-6-12(15-10(2)14-9)16-11-7-13-17(8-11)4-5-18-3/h6-8H,4-5H2,1-3H3,(H,14,15,16). The quantitative estimate of drug-likeness (QED) is 0.870. The molecule has 96 valence electrons. The molecule has 0 aliphatic carbocycles. The molecular weight excluding hydrogens is 230 g/mol. The number of nitrogens with one attached hydrogen (secondary N) is 1. The van der Waals surface area contributed by atoms with E-state index >= 15 is 0 Å². The lowest BCUT2D eigenvalue weighted by atomic mass is 10.4. The summed E-state index contributed by atoms with van der Waals surface area (Å²) in [6.07, 6.45) is 3.69. The number of anilines is 2. The van der Waals surface area contributed by atoms with E-state index in [2.05, 4.69) is 20.4 Å². The monoisotopic (exact) mass is 247 g/mol. The Morgan fingerprint density at radius 3 is 2.89 bits per heavy atom. The van der Waals surface area contributed by atoms with Gasteiger partial charge in [-0.25, -0.2) is 9.97 Å². The first-order valence-electron chi connectivity index (χ1n) is 5.78. The van der Waals surface area contributed by atoms with E-state index in [4.69, 9.17) is 4.74 Å². The second kappa shape index (κ2) is 5.59. The second-order valence-corrected chi connectivity index (χ2v) is 4.05. The average molecular weight is 247 g/mol. The molecule has 6 heteroatoms. The topological polar surface area (TPSA) is 64.9 Å². The summed E-state index contributed by atoms with van der Waals surface area (Å²) < 4.78 is 6.83. The summed E-state index contributed by atoms with van der Waals surface area (Å²) in [5.41, 5.74) is 1.85. The van der Waals surface area contributed by atoms with Gasteiger partial charge in [0.2, 0.25) is 0 Å². The van der Waals surface area contributed by atoms with Gasteiger partial charge in [-0.15, -0.1) is 0 Å². The summed E-state index contributed by atoms with van der Waals surface area (Å²) in [4.78, 5) is 8.55. The molecule has 18 heavy (non-hydrogen) atoms. The Balaban J connectivity index is 2.06. The predicted octanol–water partition coefficient (Wildman–Crippen LogP) is 1.68. The van der Waals surface area contributed by atoms with Gasteiger partial charge in [-0.2, -0.15) is 5.10 Å². The van der Waals surface area contributed by atoms with Crippen LogP contribution < -0.4 is 5.32 Å². The maximum Gasteiger partial charge on any atom is 0.134 e. The Hall–Kier alpha value is -1.95. The molecule has 0 radical (unpaired) electrons. The van der Waals surface area contributed by atoms with Gasteiger partial charge in [0.25, 0.3) is 0 Å². The van der Waals surface area contributed by atoms with Crippen molar-refractivity contribution < 1.29 is 4.74 Å². The third-order valence-corrected chi connectivity index (χ3v) is 2.40. The molecule has 0 fully saturated rings. The highest BCUT2D eigenvalue weighted by Gasteiger charge is 2.02. The molecule has 0 atom stereocenters. The molecule has 2 aromatic rings. The maximum absolute atomic E-state index is 5.00. The van der Waals surface area contributed by atoms with Crippen molar-refractivity contribution in [2.45, 2.75) is 20.4 Å². The minimum Gasteiger partial charge on any atom is -0.383 e. The van der Waals surface area contributed by atoms with Gasteiger partial charge in [-0.05, 0) is 13.8 Å². The van der Waals surface area contributed by atoms with Crippen molar-refractivity contribution in [3.05, 3.63) is 30.0 Å². The van der Waals surface area contributed by atoms with Crippen LogP contribution in [0.25, 0.3) is 0 Å². The molecule has 2 rings (SSSR count). The molecule has 0 aliphatic rings. The lowest BCUT2D eigenvalue weighted by Crippen LogP contribution is -2.04. The van der Waals surface area contributed by atoms with Crippen LogP contribution in [0.5, 0.6) is 0 Å². The van der Waals surface area contributed by atoms with E-state index < -0.39 is 0 Å². The molecule has 2 heterocycles. The SMILES string of the molecule is COCCn1cc(Nc2cc(C)nc(C)n2)cn1. The van der Waals surface area contributed by atoms with Crippen LogP contribution >= 0.6 is 0 Å². The molecule has 1 N–H and O–H groups in total. The van der Waals surface area contributed by atoms with Gasteiger partial charge in [0.15, 0.2) is 0 Å². The van der Waals surface area contributed by atoms with E-state index in [0.29, 0.717) is 6.61 Å². The molecule has 0 saturated heterocycles. The molecule has 0 saturated carbocycles. The third kappa shape index (κ3) is 3.27. The van der Waals surface area contributed by atoms with E-state index in [-0.39, 0.29) is 0 Å². The normalized spacial score (nSPS) is 10.6. The molecule has 0 spiro atoms. The summed E-state index contributed by atoms with van der Waals surface area (Å²) >= 11 is 0. The predicted molar refractivity (Wildman–Crippen MR) is 68.9 cm³/mol. The first-order chi connectivity index (χ1) is 8.67. The van der Waals surface area contributed by atoms with Crippen LogP contribution in [0.15, 0.2) is 18.5 Å². The minimum atomic E-state index is 0.646. The van der Waals surface area contributed by atoms with Crippen molar-refractivity contribution in [1.82, 2.24) is 19.7 Å². The number of aryl methyl sites for hydroxylation is 2. The van der Waals surface area contributed by atoms with Gasteiger partial charge in [-0.3, -0.25) is 4.68 Å². The summed E-state index contributed by atoms with van der Waals surface area (Å²) in [5.74, 6) is 1.54. The number of methoxy groups -OCH3 is 1. The molecule has 0 unspecified atom stereocenters. The molecule has 0 bridgehead atoms. The van der Waals surface area contributed by atoms with Crippen LogP contribution in [0.1, 0.15) is 11.5 Å². The highest BCUT2D eigenvalue weighted by molar-refractivity contribution is 5.54. The fourth-order valence-corrected chi connectivity index (χ4v) is 1.66. The zero-order valence-electron chi connectivity index (χ0n) is 10.8. The van der Waals surface area contributed by atoms with Crippen molar-refractivity contribution in [3.63, 3.8) is 0 Å². The smallest absolute Gasteiger partial charge is 0.134 e. The minimum absolute atomic E-state index is 0.646. The molecule has 0 aliphatic heterocycles. The Kier molecular flexibility index (Phi) is 3.88. The van der Waals surface area contributed by atoms with Crippen LogP contribution in [0.4, 0.5) is 11.5 Å². The molecule has 0 aromatic carbocycles. The average Bonchev–Trinajstić information content (AvgIpc) is 2.72. The first-order valence-corrected chi connectivity index (χ1v) is 5.78. The molecule has 2 aromatic heterocycles. The molecule has 6 nitrogen and oxygen atoms in total. The maximum atomic E-state index is 5.00. The van der Waals surface area contributed by atoms with Crippen LogP contribution in [0.3, 0.4) is 0 Å². The Labute approximate surface area is 106 Å². The van der Waals surface area contributed by atoms with Crippen LogP contribution in [-0.4, -0.2) is 33.5 Å².